The Kier molecular flexibility index (Phi) is 8.23. The maximum Gasteiger partial charge on any atom is 0.355 e. The molecule has 0 heterocycles. The fourth-order valence-electron chi connectivity index (χ4n) is 1.81. The van der Waals surface area contributed by atoms with Crippen LogP contribution >= 0.6 is 7.60 Å². The SMILES string of the molecule is CC(C)C(C)(C)C(=O)NCC[N+](C)(C)CCCP(=O)(O)OO. The van der Waals surface area contributed by atoms with Crippen molar-refractivity contribution in [3.05, 3.63) is 0 Å². The van der Waals surface area contributed by atoms with Gasteiger partial charge in [0.1, 0.15) is 0 Å². The summed E-state index contributed by atoms with van der Waals surface area (Å²) >= 11 is 0. The number of rotatable bonds is 10. The average Bonchev–Trinajstić information content (AvgIpc) is 2.37. The molecule has 0 saturated heterocycles. The van der Waals surface area contributed by atoms with Crippen molar-refractivity contribution in [2.75, 3.05) is 39.9 Å². The second-order valence-electron chi connectivity index (χ2n) is 7.31. The van der Waals surface area contributed by atoms with E-state index in [0.29, 0.717) is 24.0 Å². The van der Waals surface area contributed by atoms with Gasteiger partial charge in [-0.05, 0) is 5.92 Å². The lowest BCUT2D eigenvalue weighted by Crippen LogP contribution is -2.48. The van der Waals surface area contributed by atoms with Gasteiger partial charge in [0.15, 0.2) is 0 Å². The number of carbonyl (C=O) groups is 1. The van der Waals surface area contributed by atoms with Crippen LogP contribution in [0.3, 0.4) is 0 Å². The monoisotopic (exact) mass is 339 g/mol. The summed E-state index contributed by atoms with van der Waals surface area (Å²) in [6.07, 6.45) is 0.366. The third kappa shape index (κ3) is 7.70. The van der Waals surface area contributed by atoms with Crippen LogP contribution in [0.5, 0.6) is 0 Å². The number of nitrogens with one attached hydrogen (secondary N) is 1. The van der Waals surface area contributed by atoms with Gasteiger partial charge in [0, 0.05) is 11.8 Å². The predicted molar refractivity (Wildman–Crippen MR) is 86.5 cm³/mol. The standard InChI is InChI=1S/C14H31N2O5P/c1-12(2)14(3,4)13(17)15-8-10-16(5,6)9-7-11-22(19,20)21-18/h12H,7-11H2,1-6H3,(H2-,15,17,18,19,20)/p+1. The number of likely N-dealkylation sites (N-methyl/N-ethyl adjacent to an activating group) is 1. The molecule has 0 aliphatic heterocycles. The van der Waals surface area contributed by atoms with Gasteiger partial charge >= 0.3 is 7.60 Å². The van der Waals surface area contributed by atoms with Gasteiger partial charge in [-0.1, -0.05) is 27.7 Å². The summed E-state index contributed by atoms with van der Waals surface area (Å²) in [5.41, 5.74) is -0.404. The Balaban J connectivity index is 4.18. The molecule has 22 heavy (non-hydrogen) atoms. The van der Waals surface area contributed by atoms with Gasteiger partial charge in [-0.25, -0.2) is 5.26 Å². The normalized spacial score (nSPS) is 15.7. The fourth-order valence-corrected chi connectivity index (χ4v) is 2.44. The van der Waals surface area contributed by atoms with Crippen LogP contribution in [0.4, 0.5) is 0 Å². The molecular weight excluding hydrogens is 307 g/mol. The lowest BCUT2D eigenvalue weighted by Gasteiger charge is -2.32. The zero-order chi connectivity index (χ0) is 17.6. The van der Waals surface area contributed by atoms with E-state index < -0.39 is 13.0 Å². The van der Waals surface area contributed by atoms with Gasteiger partial charge in [0.25, 0.3) is 0 Å². The van der Waals surface area contributed by atoms with Crippen molar-refractivity contribution in [3.8, 4) is 0 Å². The van der Waals surface area contributed by atoms with Crippen molar-refractivity contribution in [2.24, 2.45) is 11.3 Å². The van der Waals surface area contributed by atoms with Crippen molar-refractivity contribution in [1.29, 1.82) is 0 Å². The van der Waals surface area contributed by atoms with Crippen LogP contribution < -0.4 is 5.32 Å². The van der Waals surface area contributed by atoms with Crippen LogP contribution in [0.15, 0.2) is 0 Å². The number of nitrogens with zero attached hydrogens (tertiary/aromatic N) is 1. The van der Waals surface area contributed by atoms with E-state index in [1.165, 1.54) is 0 Å². The quantitative estimate of drug-likeness (QED) is 0.245. The molecule has 0 aromatic rings. The summed E-state index contributed by atoms with van der Waals surface area (Å²) in [7, 11) is 0.117. The molecule has 0 aromatic carbocycles. The molecule has 0 radical (unpaired) electrons. The van der Waals surface area contributed by atoms with Crippen molar-refractivity contribution in [2.45, 2.75) is 34.1 Å². The molecule has 1 amide bonds. The highest BCUT2D eigenvalue weighted by molar-refractivity contribution is 7.52. The van der Waals surface area contributed by atoms with Gasteiger partial charge in [0.05, 0.1) is 39.9 Å². The second kappa shape index (κ2) is 8.41. The number of hydrogen-bond donors (Lipinski definition) is 3. The molecule has 0 aromatic heterocycles. The first kappa shape index (κ1) is 21.5. The summed E-state index contributed by atoms with van der Waals surface area (Å²) in [5, 5.41) is 11.2. The summed E-state index contributed by atoms with van der Waals surface area (Å²) in [5.74, 6) is 0.295. The predicted octanol–water partition coefficient (Wildman–Crippen LogP) is 1.93. The molecule has 1 unspecified atom stereocenters. The lowest BCUT2D eigenvalue weighted by atomic mass is 9.80. The van der Waals surface area contributed by atoms with Gasteiger partial charge in [-0.3, -0.25) is 9.36 Å². The molecule has 8 heteroatoms. The maximum absolute atomic E-state index is 12.1. The van der Waals surface area contributed by atoms with Crippen LogP contribution in [0.1, 0.15) is 34.1 Å². The highest BCUT2D eigenvalue weighted by Gasteiger charge is 2.31. The second-order valence-corrected chi connectivity index (χ2v) is 9.20. The third-order valence-electron chi connectivity index (χ3n) is 4.36. The summed E-state index contributed by atoms with van der Waals surface area (Å²) < 4.78 is 15.3. The number of hydrogen-bond acceptors (Lipinski definition) is 4. The third-order valence-corrected chi connectivity index (χ3v) is 5.50. The Morgan fingerprint density at radius 2 is 1.86 bits per heavy atom. The number of quaternary nitrogens is 1. The Labute approximate surface area is 133 Å². The highest BCUT2D eigenvalue weighted by atomic mass is 31.2. The van der Waals surface area contributed by atoms with Crippen molar-refractivity contribution >= 4 is 13.5 Å². The van der Waals surface area contributed by atoms with Crippen LogP contribution in [0, 0.1) is 11.3 Å². The smallest absolute Gasteiger partial charge is 0.350 e. The molecule has 0 saturated carbocycles. The fraction of sp³-hybridized carbons (Fsp3) is 0.929. The Morgan fingerprint density at radius 3 is 2.32 bits per heavy atom. The molecule has 7 nitrogen and oxygen atoms in total. The highest BCUT2D eigenvalue weighted by Crippen LogP contribution is 2.40. The average molecular weight is 339 g/mol. The van der Waals surface area contributed by atoms with Crippen LogP contribution in [0.2, 0.25) is 0 Å². The molecule has 0 aliphatic rings. The molecular formula is C14H32N2O5P+. The summed E-state index contributed by atoms with van der Waals surface area (Å²) in [4.78, 5) is 21.3. The maximum atomic E-state index is 12.1. The first-order chi connectivity index (χ1) is 9.84. The number of amides is 1. The summed E-state index contributed by atoms with van der Waals surface area (Å²) in [6, 6.07) is 0. The van der Waals surface area contributed by atoms with E-state index in [2.05, 4.69) is 9.99 Å². The van der Waals surface area contributed by atoms with Gasteiger partial charge in [0.2, 0.25) is 5.91 Å². The summed E-state index contributed by atoms with van der Waals surface area (Å²) in [6.45, 7) is 9.83. The van der Waals surface area contributed by atoms with Crippen LogP contribution in [0.25, 0.3) is 0 Å². The Hall–Kier alpha value is -0.460. The Morgan fingerprint density at radius 1 is 1.32 bits per heavy atom. The zero-order valence-electron chi connectivity index (χ0n) is 14.6. The molecule has 3 N–H and O–H groups in total. The minimum Gasteiger partial charge on any atom is -0.350 e. The molecule has 1 atom stereocenters. The lowest BCUT2D eigenvalue weighted by molar-refractivity contribution is -0.889. The molecule has 0 bridgehead atoms. The van der Waals surface area contributed by atoms with E-state index in [4.69, 9.17) is 10.2 Å². The van der Waals surface area contributed by atoms with E-state index in [1.807, 2.05) is 41.8 Å². The van der Waals surface area contributed by atoms with Crippen LogP contribution in [-0.2, 0) is 14.0 Å². The van der Waals surface area contributed by atoms with E-state index in [1.54, 1.807) is 0 Å². The van der Waals surface area contributed by atoms with Crippen molar-refractivity contribution in [1.82, 2.24) is 5.32 Å². The van der Waals surface area contributed by atoms with Gasteiger partial charge in [-0.15, -0.1) is 0 Å². The van der Waals surface area contributed by atoms with E-state index in [9.17, 15) is 9.36 Å². The van der Waals surface area contributed by atoms with E-state index >= 15 is 0 Å². The molecule has 0 aliphatic carbocycles. The molecule has 132 valence electrons. The van der Waals surface area contributed by atoms with Gasteiger partial charge < -0.3 is 14.7 Å². The zero-order valence-corrected chi connectivity index (χ0v) is 15.5. The molecule has 0 spiro atoms. The van der Waals surface area contributed by atoms with E-state index in [0.717, 1.165) is 6.54 Å². The van der Waals surface area contributed by atoms with Crippen LogP contribution in [-0.4, -0.2) is 60.4 Å². The minimum atomic E-state index is -3.86. The first-order valence-corrected chi connectivity index (χ1v) is 9.35. The first-order valence-electron chi connectivity index (χ1n) is 7.59. The topological polar surface area (TPSA) is 95.9 Å². The minimum absolute atomic E-state index is 0.0380. The van der Waals surface area contributed by atoms with Crippen molar-refractivity contribution < 1.29 is 28.7 Å². The Bertz CT molecular complexity index is 410. The largest absolute Gasteiger partial charge is 0.355 e. The van der Waals surface area contributed by atoms with Gasteiger partial charge in [-0.2, -0.15) is 4.67 Å². The van der Waals surface area contributed by atoms with E-state index in [-0.39, 0.29) is 18.0 Å². The van der Waals surface area contributed by atoms with Crippen molar-refractivity contribution in [3.63, 3.8) is 0 Å². The molecule has 0 fully saturated rings. The number of carbonyl (C=O) groups excluding carboxylic acids is 1. The molecule has 0 rings (SSSR count).